The molecule has 0 spiro atoms. The minimum absolute atomic E-state index is 0.164. The van der Waals surface area contributed by atoms with Crippen LogP contribution in [-0.4, -0.2) is 24.0 Å². The molecule has 0 bridgehead atoms. The van der Waals surface area contributed by atoms with Gasteiger partial charge in [0.2, 0.25) is 0 Å². The number of rotatable bonds is 6. The second-order valence-corrected chi connectivity index (χ2v) is 6.17. The summed E-state index contributed by atoms with van der Waals surface area (Å²) in [6.07, 6.45) is 0.976. The smallest absolute Gasteiger partial charge is 0.310 e. The van der Waals surface area contributed by atoms with Crippen LogP contribution >= 0.6 is 15.9 Å². The molecule has 0 fully saturated rings. The van der Waals surface area contributed by atoms with Crippen LogP contribution in [0.25, 0.3) is 0 Å². The Hall–Kier alpha value is -1.36. The van der Waals surface area contributed by atoms with Crippen LogP contribution in [0.15, 0.2) is 28.7 Å². The lowest BCUT2D eigenvalue weighted by Crippen LogP contribution is -2.44. The average Bonchev–Trinajstić information content (AvgIpc) is 2.39. The summed E-state index contributed by atoms with van der Waals surface area (Å²) in [6, 6.07) is 7.40. The molecule has 1 aromatic rings. The Morgan fingerprint density at radius 2 is 1.85 bits per heavy atom. The number of carbonyl (C=O) groups is 2. The monoisotopic (exact) mass is 341 g/mol. The highest BCUT2D eigenvalue weighted by atomic mass is 79.9. The van der Waals surface area contributed by atoms with Gasteiger partial charge in [0.25, 0.3) is 5.91 Å². The molecule has 1 rings (SSSR count). The Bertz CT molecular complexity index is 469. The molecule has 0 aliphatic rings. The minimum Gasteiger partial charge on any atom is -0.455 e. The molecular weight excluding hydrogens is 322 g/mol. The molecule has 20 heavy (non-hydrogen) atoms. The summed E-state index contributed by atoms with van der Waals surface area (Å²) < 4.78 is 5.92. The molecule has 0 atom stereocenters. The van der Waals surface area contributed by atoms with Crippen LogP contribution in [0.5, 0.6) is 0 Å². The molecule has 0 saturated heterocycles. The highest BCUT2D eigenvalue weighted by Crippen LogP contribution is 2.11. The first-order valence-corrected chi connectivity index (χ1v) is 7.33. The Balaban J connectivity index is 2.36. The molecule has 0 aliphatic heterocycles. The van der Waals surface area contributed by atoms with Crippen molar-refractivity contribution < 1.29 is 14.3 Å². The lowest BCUT2D eigenvalue weighted by atomic mass is 10.0. The standard InChI is InChI=1S/C15H20BrNO3/c1-4-15(2,3)17-13(18)10-20-14(19)9-11-5-7-12(16)8-6-11/h5-8H,4,9-10H2,1-3H3,(H,17,18). The zero-order valence-corrected chi connectivity index (χ0v) is 13.6. The fourth-order valence-corrected chi connectivity index (χ4v) is 1.73. The van der Waals surface area contributed by atoms with Crippen molar-refractivity contribution in [2.24, 2.45) is 0 Å². The molecular formula is C15H20BrNO3. The third kappa shape index (κ3) is 6.19. The maximum Gasteiger partial charge on any atom is 0.310 e. The van der Waals surface area contributed by atoms with Crippen LogP contribution in [0.3, 0.4) is 0 Å². The lowest BCUT2D eigenvalue weighted by molar-refractivity contribution is -0.148. The predicted octanol–water partition coefficient (Wildman–Crippen LogP) is 2.84. The van der Waals surface area contributed by atoms with Crippen LogP contribution in [0, 0.1) is 0 Å². The Morgan fingerprint density at radius 1 is 1.25 bits per heavy atom. The summed E-state index contributed by atoms with van der Waals surface area (Å²) in [4.78, 5) is 23.2. The molecule has 0 aliphatic carbocycles. The summed E-state index contributed by atoms with van der Waals surface area (Å²) in [5.74, 6) is -0.683. The van der Waals surface area contributed by atoms with E-state index in [4.69, 9.17) is 4.74 Å². The van der Waals surface area contributed by atoms with E-state index < -0.39 is 5.97 Å². The first kappa shape index (κ1) is 16.7. The summed E-state index contributed by atoms with van der Waals surface area (Å²) in [5, 5.41) is 2.81. The molecule has 0 unspecified atom stereocenters. The van der Waals surface area contributed by atoms with Gasteiger partial charge in [-0.15, -0.1) is 0 Å². The van der Waals surface area contributed by atoms with Crippen molar-refractivity contribution in [3.63, 3.8) is 0 Å². The van der Waals surface area contributed by atoms with Crippen molar-refractivity contribution in [2.45, 2.75) is 39.2 Å². The predicted molar refractivity (Wildman–Crippen MR) is 81.3 cm³/mol. The van der Waals surface area contributed by atoms with Crippen molar-refractivity contribution in [3.8, 4) is 0 Å². The number of hydrogen-bond acceptors (Lipinski definition) is 3. The van der Waals surface area contributed by atoms with Gasteiger partial charge in [0, 0.05) is 10.0 Å². The molecule has 1 aromatic carbocycles. The third-order valence-electron chi connectivity index (χ3n) is 2.99. The number of carbonyl (C=O) groups excluding carboxylic acids is 2. The first-order valence-electron chi connectivity index (χ1n) is 6.53. The fourth-order valence-electron chi connectivity index (χ4n) is 1.47. The van der Waals surface area contributed by atoms with Gasteiger partial charge in [-0.1, -0.05) is 35.0 Å². The zero-order chi connectivity index (χ0) is 15.2. The van der Waals surface area contributed by atoms with Crippen LogP contribution in [0.4, 0.5) is 0 Å². The average molecular weight is 342 g/mol. The molecule has 5 heteroatoms. The van der Waals surface area contributed by atoms with Gasteiger partial charge in [0.1, 0.15) is 0 Å². The summed E-state index contributed by atoms with van der Waals surface area (Å²) >= 11 is 3.33. The second-order valence-electron chi connectivity index (χ2n) is 5.25. The third-order valence-corrected chi connectivity index (χ3v) is 3.52. The van der Waals surface area contributed by atoms with E-state index in [1.54, 1.807) is 0 Å². The van der Waals surface area contributed by atoms with Crippen LogP contribution in [-0.2, 0) is 20.7 Å². The fraction of sp³-hybridized carbons (Fsp3) is 0.467. The van der Waals surface area contributed by atoms with Gasteiger partial charge >= 0.3 is 5.97 Å². The Morgan fingerprint density at radius 3 is 2.40 bits per heavy atom. The quantitative estimate of drug-likeness (QED) is 0.809. The lowest BCUT2D eigenvalue weighted by Gasteiger charge is -2.24. The number of nitrogens with one attached hydrogen (secondary N) is 1. The molecule has 0 aromatic heterocycles. The summed E-state index contributed by atoms with van der Waals surface area (Å²) in [6.45, 7) is 5.60. The van der Waals surface area contributed by atoms with E-state index in [0.717, 1.165) is 16.5 Å². The van der Waals surface area contributed by atoms with Gasteiger partial charge < -0.3 is 10.1 Å². The van der Waals surface area contributed by atoms with Crippen molar-refractivity contribution in [1.82, 2.24) is 5.32 Å². The van der Waals surface area contributed by atoms with E-state index in [-0.39, 0.29) is 24.5 Å². The highest BCUT2D eigenvalue weighted by molar-refractivity contribution is 9.10. The molecule has 110 valence electrons. The van der Waals surface area contributed by atoms with Crippen molar-refractivity contribution >= 4 is 27.8 Å². The van der Waals surface area contributed by atoms with Gasteiger partial charge in [-0.2, -0.15) is 0 Å². The maximum atomic E-state index is 11.6. The van der Waals surface area contributed by atoms with Crippen LogP contribution in [0.1, 0.15) is 32.8 Å². The van der Waals surface area contributed by atoms with Gasteiger partial charge in [0.05, 0.1) is 6.42 Å². The van der Waals surface area contributed by atoms with E-state index in [0.29, 0.717) is 0 Å². The summed E-state index contributed by atoms with van der Waals surface area (Å²) in [7, 11) is 0. The van der Waals surface area contributed by atoms with E-state index >= 15 is 0 Å². The number of hydrogen-bond donors (Lipinski definition) is 1. The van der Waals surface area contributed by atoms with Gasteiger partial charge in [-0.3, -0.25) is 9.59 Å². The second kappa shape index (κ2) is 7.43. The molecule has 4 nitrogen and oxygen atoms in total. The Labute approximate surface area is 128 Å². The number of ether oxygens (including phenoxy) is 1. The van der Waals surface area contributed by atoms with E-state index in [1.807, 2.05) is 45.0 Å². The Kier molecular flexibility index (Phi) is 6.20. The van der Waals surface area contributed by atoms with Crippen molar-refractivity contribution in [1.29, 1.82) is 0 Å². The molecule has 1 N–H and O–H groups in total. The number of halogens is 1. The normalized spacial score (nSPS) is 11.0. The van der Waals surface area contributed by atoms with Crippen molar-refractivity contribution in [2.75, 3.05) is 6.61 Å². The number of amides is 1. The zero-order valence-electron chi connectivity index (χ0n) is 12.0. The van der Waals surface area contributed by atoms with Crippen LogP contribution < -0.4 is 5.32 Å². The van der Waals surface area contributed by atoms with Crippen LogP contribution in [0.2, 0.25) is 0 Å². The van der Waals surface area contributed by atoms with Crippen molar-refractivity contribution in [3.05, 3.63) is 34.3 Å². The number of benzene rings is 1. The molecule has 0 saturated carbocycles. The SMILES string of the molecule is CCC(C)(C)NC(=O)COC(=O)Cc1ccc(Br)cc1. The van der Waals surface area contributed by atoms with Gasteiger partial charge in [-0.05, 0) is 38.0 Å². The van der Waals surface area contributed by atoms with Gasteiger partial charge in [0.15, 0.2) is 6.61 Å². The van der Waals surface area contributed by atoms with E-state index in [2.05, 4.69) is 21.2 Å². The van der Waals surface area contributed by atoms with E-state index in [9.17, 15) is 9.59 Å². The maximum absolute atomic E-state index is 11.6. The topological polar surface area (TPSA) is 55.4 Å². The number of esters is 1. The largest absolute Gasteiger partial charge is 0.455 e. The molecule has 1 amide bonds. The summed E-state index contributed by atoms with van der Waals surface area (Å²) in [5.41, 5.74) is 0.572. The first-order chi connectivity index (χ1) is 9.32. The molecule has 0 heterocycles. The van der Waals surface area contributed by atoms with Gasteiger partial charge in [-0.25, -0.2) is 0 Å². The molecule has 0 radical (unpaired) electrons. The van der Waals surface area contributed by atoms with E-state index in [1.165, 1.54) is 0 Å². The highest BCUT2D eigenvalue weighted by Gasteiger charge is 2.18. The minimum atomic E-state index is -0.406.